The number of thiophene rings is 1. The van der Waals surface area contributed by atoms with E-state index in [1.165, 1.54) is 11.1 Å². The summed E-state index contributed by atoms with van der Waals surface area (Å²) in [6.45, 7) is 9.52. The van der Waals surface area contributed by atoms with Crippen LogP contribution in [0.15, 0.2) is 34.6 Å². The number of rotatable bonds is 7. The van der Waals surface area contributed by atoms with Crippen LogP contribution in [0.2, 0.25) is 0 Å². The lowest BCUT2D eigenvalue weighted by Crippen LogP contribution is -2.47. The summed E-state index contributed by atoms with van der Waals surface area (Å²) in [5.74, 6) is 1.75. The SMILES string of the molecule is CN=C(NCc1ccc(C)cc1OC1CCOC1)NCC(C)N1CCc2sccc2C1. The third kappa shape index (κ3) is 5.79. The molecule has 2 unspecified atom stereocenters. The molecule has 2 N–H and O–H groups in total. The molecule has 31 heavy (non-hydrogen) atoms. The maximum Gasteiger partial charge on any atom is 0.191 e. The second-order valence-corrected chi connectivity index (χ2v) is 9.46. The molecule has 0 saturated carbocycles. The van der Waals surface area contributed by atoms with Crippen molar-refractivity contribution in [1.82, 2.24) is 15.5 Å². The lowest BCUT2D eigenvalue weighted by atomic mass is 10.1. The average Bonchev–Trinajstić information content (AvgIpc) is 3.46. The van der Waals surface area contributed by atoms with E-state index < -0.39 is 0 Å². The Hall–Kier alpha value is -2.09. The van der Waals surface area contributed by atoms with Gasteiger partial charge in [0.2, 0.25) is 0 Å². The lowest BCUT2D eigenvalue weighted by molar-refractivity contribution is 0.140. The smallest absolute Gasteiger partial charge is 0.191 e. The van der Waals surface area contributed by atoms with Crippen molar-refractivity contribution in [1.29, 1.82) is 0 Å². The molecule has 0 radical (unpaired) electrons. The first-order chi connectivity index (χ1) is 15.1. The van der Waals surface area contributed by atoms with E-state index >= 15 is 0 Å². The number of nitrogens with one attached hydrogen (secondary N) is 2. The van der Waals surface area contributed by atoms with E-state index in [4.69, 9.17) is 9.47 Å². The van der Waals surface area contributed by atoms with Gasteiger partial charge in [0.1, 0.15) is 11.9 Å². The first-order valence-corrected chi connectivity index (χ1v) is 12.1. The minimum absolute atomic E-state index is 0.145. The molecule has 0 spiro atoms. The zero-order valence-corrected chi connectivity index (χ0v) is 19.6. The molecule has 0 aliphatic carbocycles. The molecule has 2 aliphatic heterocycles. The van der Waals surface area contributed by atoms with Crippen LogP contribution in [0, 0.1) is 6.92 Å². The van der Waals surface area contributed by atoms with Gasteiger partial charge < -0.3 is 20.1 Å². The van der Waals surface area contributed by atoms with Gasteiger partial charge in [-0.2, -0.15) is 0 Å². The number of hydrogen-bond acceptors (Lipinski definition) is 5. The molecular weight excluding hydrogens is 408 g/mol. The van der Waals surface area contributed by atoms with Crippen molar-refractivity contribution in [3.05, 3.63) is 51.2 Å². The van der Waals surface area contributed by atoms with Crippen molar-refractivity contribution in [2.45, 2.75) is 51.9 Å². The molecule has 7 heteroatoms. The van der Waals surface area contributed by atoms with Gasteiger partial charge in [-0.05, 0) is 48.9 Å². The molecule has 1 aromatic heterocycles. The molecule has 168 valence electrons. The van der Waals surface area contributed by atoms with Crippen LogP contribution >= 0.6 is 11.3 Å². The van der Waals surface area contributed by atoms with E-state index in [1.54, 1.807) is 4.88 Å². The van der Waals surface area contributed by atoms with Crippen LogP contribution in [0.5, 0.6) is 5.75 Å². The number of aryl methyl sites for hydroxylation is 1. The number of hydrogen-bond donors (Lipinski definition) is 2. The summed E-state index contributed by atoms with van der Waals surface area (Å²) in [6.07, 6.45) is 2.25. The predicted octanol–water partition coefficient (Wildman–Crippen LogP) is 3.34. The summed E-state index contributed by atoms with van der Waals surface area (Å²) in [7, 11) is 1.82. The van der Waals surface area contributed by atoms with Gasteiger partial charge in [-0.25, -0.2) is 0 Å². The van der Waals surface area contributed by atoms with Gasteiger partial charge in [0, 0.05) is 56.1 Å². The summed E-state index contributed by atoms with van der Waals surface area (Å²) >= 11 is 1.89. The number of ether oxygens (including phenoxy) is 2. The zero-order valence-electron chi connectivity index (χ0n) is 18.8. The number of nitrogens with zero attached hydrogens (tertiary/aromatic N) is 2. The van der Waals surface area contributed by atoms with Gasteiger partial charge in [-0.3, -0.25) is 9.89 Å². The van der Waals surface area contributed by atoms with Gasteiger partial charge in [0.25, 0.3) is 0 Å². The number of benzene rings is 1. The molecule has 0 amide bonds. The summed E-state index contributed by atoms with van der Waals surface area (Å²) < 4.78 is 11.7. The summed E-state index contributed by atoms with van der Waals surface area (Å²) in [5, 5.41) is 9.16. The molecule has 0 bridgehead atoms. The Morgan fingerprint density at radius 1 is 1.35 bits per heavy atom. The molecule has 2 aromatic rings. The Balaban J connectivity index is 1.29. The number of aliphatic imine (C=N–C) groups is 1. The number of fused-ring (bicyclic) bond motifs is 1. The van der Waals surface area contributed by atoms with Crippen molar-refractivity contribution in [2.24, 2.45) is 4.99 Å². The highest BCUT2D eigenvalue weighted by molar-refractivity contribution is 7.10. The fraction of sp³-hybridized carbons (Fsp3) is 0.542. The van der Waals surface area contributed by atoms with E-state index in [-0.39, 0.29) is 6.10 Å². The second kappa shape index (κ2) is 10.5. The van der Waals surface area contributed by atoms with Gasteiger partial charge >= 0.3 is 0 Å². The normalized spacial score (nSPS) is 20.4. The Kier molecular flexibility index (Phi) is 7.48. The molecule has 3 heterocycles. The van der Waals surface area contributed by atoms with Gasteiger partial charge in [0.15, 0.2) is 5.96 Å². The third-order valence-electron chi connectivity index (χ3n) is 6.10. The summed E-state index contributed by atoms with van der Waals surface area (Å²) in [6, 6.07) is 9.08. The zero-order chi connectivity index (χ0) is 21.6. The van der Waals surface area contributed by atoms with Crippen LogP contribution in [-0.4, -0.2) is 56.4 Å². The highest BCUT2D eigenvalue weighted by atomic mass is 32.1. The van der Waals surface area contributed by atoms with Crippen molar-refractivity contribution in [3.63, 3.8) is 0 Å². The van der Waals surface area contributed by atoms with Gasteiger partial charge in [-0.15, -0.1) is 11.3 Å². The molecule has 6 nitrogen and oxygen atoms in total. The minimum Gasteiger partial charge on any atom is -0.488 e. The van der Waals surface area contributed by atoms with Crippen molar-refractivity contribution in [2.75, 3.05) is 33.4 Å². The number of guanidine groups is 1. The predicted molar refractivity (Wildman–Crippen MR) is 127 cm³/mol. The van der Waals surface area contributed by atoms with E-state index in [2.05, 4.69) is 64.0 Å². The molecule has 2 atom stereocenters. The highest BCUT2D eigenvalue weighted by Gasteiger charge is 2.22. The monoisotopic (exact) mass is 442 g/mol. The maximum absolute atomic E-state index is 6.22. The topological polar surface area (TPSA) is 58.1 Å². The van der Waals surface area contributed by atoms with Crippen molar-refractivity contribution >= 4 is 17.3 Å². The molecule has 1 saturated heterocycles. The van der Waals surface area contributed by atoms with Crippen molar-refractivity contribution in [3.8, 4) is 5.75 Å². The largest absolute Gasteiger partial charge is 0.488 e. The van der Waals surface area contributed by atoms with Gasteiger partial charge in [0.05, 0.1) is 13.2 Å². The maximum atomic E-state index is 6.22. The van der Waals surface area contributed by atoms with E-state index in [9.17, 15) is 0 Å². The quantitative estimate of drug-likeness (QED) is 0.509. The molecule has 1 fully saturated rings. The Bertz CT molecular complexity index is 891. The van der Waals surface area contributed by atoms with Crippen LogP contribution in [0.4, 0.5) is 0 Å². The second-order valence-electron chi connectivity index (χ2n) is 8.46. The van der Waals surface area contributed by atoms with E-state index in [0.717, 1.165) is 56.4 Å². The first kappa shape index (κ1) is 22.1. The Morgan fingerprint density at radius 3 is 3.06 bits per heavy atom. The highest BCUT2D eigenvalue weighted by Crippen LogP contribution is 2.25. The fourth-order valence-electron chi connectivity index (χ4n) is 4.12. The summed E-state index contributed by atoms with van der Waals surface area (Å²) in [4.78, 5) is 8.51. The Morgan fingerprint density at radius 2 is 2.26 bits per heavy atom. The van der Waals surface area contributed by atoms with Crippen LogP contribution < -0.4 is 15.4 Å². The third-order valence-corrected chi connectivity index (χ3v) is 7.12. The fourth-order valence-corrected chi connectivity index (χ4v) is 5.01. The Labute approximate surface area is 189 Å². The van der Waals surface area contributed by atoms with E-state index in [1.807, 2.05) is 18.4 Å². The molecule has 2 aliphatic rings. The van der Waals surface area contributed by atoms with E-state index in [0.29, 0.717) is 19.2 Å². The first-order valence-electron chi connectivity index (χ1n) is 11.2. The average molecular weight is 443 g/mol. The molecule has 1 aromatic carbocycles. The van der Waals surface area contributed by atoms with Crippen LogP contribution in [0.25, 0.3) is 0 Å². The van der Waals surface area contributed by atoms with Gasteiger partial charge in [-0.1, -0.05) is 12.1 Å². The summed E-state index contributed by atoms with van der Waals surface area (Å²) in [5.41, 5.74) is 3.82. The standard InChI is InChI=1S/C24H34N4O2S/c1-17-4-5-19(22(12-17)30-21-7-10-29-16-21)14-27-24(25-3)26-13-18(2)28-9-6-23-20(15-28)8-11-31-23/h4-5,8,11-12,18,21H,6-7,9-10,13-16H2,1-3H3,(H2,25,26,27). The lowest BCUT2D eigenvalue weighted by Gasteiger charge is -2.32. The van der Waals surface area contributed by atoms with Crippen LogP contribution in [0.1, 0.15) is 34.9 Å². The van der Waals surface area contributed by atoms with Crippen LogP contribution in [-0.2, 0) is 24.2 Å². The van der Waals surface area contributed by atoms with Crippen molar-refractivity contribution < 1.29 is 9.47 Å². The molecular formula is C24H34N4O2S. The van der Waals surface area contributed by atoms with Crippen LogP contribution in [0.3, 0.4) is 0 Å². The molecule has 4 rings (SSSR count). The minimum atomic E-state index is 0.145.